The van der Waals surface area contributed by atoms with Gasteiger partial charge in [-0.1, -0.05) is 17.7 Å². The number of amides is 1. The highest BCUT2D eigenvalue weighted by Gasteiger charge is 2.14. The molecule has 0 aliphatic rings. The molecule has 0 unspecified atom stereocenters. The quantitative estimate of drug-likeness (QED) is 0.764. The predicted molar refractivity (Wildman–Crippen MR) is 96.8 cm³/mol. The Morgan fingerprint density at radius 1 is 1.21 bits per heavy atom. The van der Waals surface area contributed by atoms with E-state index in [9.17, 15) is 9.59 Å². The van der Waals surface area contributed by atoms with Crippen LogP contribution in [0.2, 0.25) is 0 Å². The highest BCUT2D eigenvalue weighted by atomic mass is 32.1. The Hall–Kier alpha value is -2.73. The van der Waals surface area contributed by atoms with Gasteiger partial charge in [0, 0.05) is 17.1 Å². The fourth-order valence-corrected chi connectivity index (χ4v) is 3.49. The topological polar surface area (TPSA) is 74.8 Å². The minimum Gasteiger partial charge on any atom is -0.328 e. The maximum atomic E-state index is 12.2. The number of carbonyl (C=O) groups excluding carboxylic acids is 1. The van der Waals surface area contributed by atoms with E-state index in [0.29, 0.717) is 5.13 Å². The zero-order chi connectivity index (χ0) is 17.3. The van der Waals surface area contributed by atoms with E-state index in [-0.39, 0.29) is 5.56 Å². The van der Waals surface area contributed by atoms with Crippen molar-refractivity contribution in [2.75, 3.05) is 5.32 Å². The molecule has 0 aliphatic heterocycles. The van der Waals surface area contributed by atoms with E-state index in [0.717, 1.165) is 22.4 Å². The van der Waals surface area contributed by atoms with Gasteiger partial charge >= 0.3 is 0 Å². The summed E-state index contributed by atoms with van der Waals surface area (Å²) in [4.78, 5) is 30.8. The lowest BCUT2D eigenvalue weighted by Gasteiger charge is -2.08. The number of anilines is 1. The number of aromatic amines is 1. The van der Waals surface area contributed by atoms with Crippen LogP contribution in [0.15, 0.2) is 40.6 Å². The Morgan fingerprint density at radius 2 is 1.92 bits per heavy atom. The third-order valence-corrected chi connectivity index (χ3v) is 4.48. The number of thiazole rings is 1. The van der Waals surface area contributed by atoms with Crippen LogP contribution in [0.3, 0.4) is 0 Å². The van der Waals surface area contributed by atoms with Crippen LogP contribution >= 0.6 is 11.3 Å². The molecular formula is C18H17N3O2S. The predicted octanol–water partition coefficient (Wildman–Crippen LogP) is 3.68. The normalized spacial score (nSPS) is 10.6. The molecule has 3 aromatic rings. The summed E-state index contributed by atoms with van der Waals surface area (Å²) in [7, 11) is 0. The first-order chi connectivity index (χ1) is 11.5. The molecule has 0 bridgehead atoms. The molecular weight excluding hydrogens is 322 g/mol. The average Bonchev–Trinajstić information content (AvgIpc) is 2.94. The molecule has 0 radical (unpaired) electrons. The number of pyridine rings is 1. The van der Waals surface area contributed by atoms with Gasteiger partial charge in [-0.05, 0) is 44.0 Å². The molecule has 0 fully saturated rings. The van der Waals surface area contributed by atoms with Gasteiger partial charge in [0.1, 0.15) is 5.56 Å². The lowest BCUT2D eigenvalue weighted by Crippen LogP contribution is -2.22. The van der Waals surface area contributed by atoms with E-state index in [2.05, 4.69) is 48.2 Å². The summed E-state index contributed by atoms with van der Waals surface area (Å²) in [5.41, 5.74) is 5.06. The molecule has 2 aromatic heterocycles. The van der Waals surface area contributed by atoms with E-state index in [1.54, 1.807) is 6.07 Å². The zero-order valence-corrected chi connectivity index (χ0v) is 14.5. The van der Waals surface area contributed by atoms with Gasteiger partial charge in [-0.25, -0.2) is 4.98 Å². The second-order valence-electron chi connectivity index (χ2n) is 5.68. The maximum absolute atomic E-state index is 12.2. The molecule has 6 heteroatoms. The van der Waals surface area contributed by atoms with Gasteiger partial charge in [0.2, 0.25) is 0 Å². The van der Waals surface area contributed by atoms with E-state index >= 15 is 0 Å². The first-order valence-electron chi connectivity index (χ1n) is 7.48. The van der Waals surface area contributed by atoms with Crippen LogP contribution < -0.4 is 10.9 Å². The minimum absolute atomic E-state index is 0.0666. The van der Waals surface area contributed by atoms with Gasteiger partial charge in [-0.3, -0.25) is 14.9 Å². The Kier molecular flexibility index (Phi) is 4.31. The van der Waals surface area contributed by atoms with Crippen molar-refractivity contribution in [1.29, 1.82) is 0 Å². The number of carbonyl (C=O) groups is 1. The second kappa shape index (κ2) is 6.41. The van der Waals surface area contributed by atoms with Crippen molar-refractivity contribution < 1.29 is 4.79 Å². The summed E-state index contributed by atoms with van der Waals surface area (Å²) < 4.78 is 0. The van der Waals surface area contributed by atoms with Crippen LogP contribution in [0.1, 0.15) is 27.0 Å². The standard InChI is InChI=1S/C18H17N3O2S/c1-10-7-11(2)15(12(3)8-10)14-9-24-18(20-14)21-17(23)13-5-4-6-19-16(13)22/h4-9H,1-3H3,(H,19,22)(H,20,21,23). The number of aryl methyl sites for hydroxylation is 3. The molecule has 2 heterocycles. The van der Waals surface area contributed by atoms with Crippen LogP contribution in [0, 0.1) is 20.8 Å². The molecule has 0 saturated heterocycles. The number of H-pyrrole nitrogens is 1. The summed E-state index contributed by atoms with van der Waals surface area (Å²) in [6, 6.07) is 7.33. The molecule has 3 rings (SSSR count). The zero-order valence-electron chi connectivity index (χ0n) is 13.6. The van der Waals surface area contributed by atoms with Crippen LogP contribution in [0.5, 0.6) is 0 Å². The van der Waals surface area contributed by atoms with Gasteiger partial charge in [0.25, 0.3) is 11.5 Å². The van der Waals surface area contributed by atoms with Gasteiger partial charge in [0.05, 0.1) is 5.69 Å². The summed E-state index contributed by atoms with van der Waals surface area (Å²) in [6.07, 6.45) is 1.49. The van der Waals surface area contributed by atoms with Crippen molar-refractivity contribution in [3.63, 3.8) is 0 Å². The van der Waals surface area contributed by atoms with Gasteiger partial charge in [0.15, 0.2) is 5.13 Å². The Morgan fingerprint density at radius 3 is 2.58 bits per heavy atom. The molecule has 2 N–H and O–H groups in total. The largest absolute Gasteiger partial charge is 0.328 e. The number of nitrogens with zero attached hydrogens (tertiary/aromatic N) is 1. The summed E-state index contributed by atoms with van der Waals surface area (Å²) in [6.45, 7) is 6.17. The van der Waals surface area contributed by atoms with Crippen LogP contribution in [-0.4, -0.2) is 15.9 Å². The molecule has 24 heavy (non-hydrogen) atoms. The molecule has 5 nitrogen and oxygen atoms in total. The van der Waals surface area contributed by atoms with Gasteiger partial charge < -0.3 is 4.98 Å². The molecule has 1 amide bonds. The SMILES string of the molecule is Cc1cc(C)c(-c2csc(NC(=O)c3ccc[nH]c3=O)n2)c(C)c1. The fraction of sp³-hybridized carbons (Fsp3) is 0.167. The third-order valence-electron chi connectivity index (χ3n) is 3.72. The Balaban J connectivity index is 1.88. The number of benzene rings is 1. The van der Waals surface area contributed by atoms with Crippen LogP contribution in [0.4, 0.5) is 5.13 Å². The van der Waals surface area contributed by atoms with E-state index in [1.165, 1.54) is 29.2 Å². The lowest BCUT2D eigenvalue weighted by atomic mass is 9.98. The monoisotopic (exact) mass is 339 g/mol. The van der Waals surface area contributed by atoms with E-state index < -0.39 is 11.5 Å². The lowest BCUT2D eigenvalue weighted by molar-refractivity contribution is 0.102. The number of hydrogen-bond acceptors (Lipinski definition) is 4. The molecule has 0 aliphatic carbocycles. The number of nitrogens with one attached hydrogen (secondary N) is 2. The highest BCUT2D eigenvalue weighted by Crippen LogP contribution is 2.31. The van der Waals surface area contributed by atoms with E-state index in [4.69, 9.17) is 0 Å². The second-order valence-corrected chi connectivity index (χ2v) is 6.54. The highest BCUT2D eigenvalue weighted by molar-refractivity contribution is 7.14. The van der Waals surface area contributed by atoms with Crippen molar-refractivity contribution in [2.45, 2.75) is 20.8 Å². The number of hydrogen-bond donors (Lipinski definition) is 2. The molecule has 0 spiro atoms. The van der Waals surface area contributed by atoms with Crippen molar-refractivity contribution >= 4 is 22.4 Å². The van der Waals surface area contributed by atoms with Crippen molar-refractivity contribution in [3.8, 4) is 11.3 Å². The minimum atomic E-state index is -0.463. The fourth-order valence-electron chi connectivity index (χ4n) is 2.79. The van der Waals surface area contributed by atoms with E-state index in [1.807, 2.05) is 5.38 Å². The van der Waals surface area contributed by atoms with Gasteiger partial charge in [-0.2, -0.15) is 0 Å². The average molecular weight is 339 g/mol. The number of rotatable bonds is 3. The molecule has 0 saturated carbocycles. The maximum Gasteiger partial charge on any atom is 0.263 e. The molecule has 122 valence electrons. The first-order valence-corrected chi connectivity index (χ1v) is 8.36. The van der Waals surface area contributed by atoms with Crippen molar-refractivity contribution in [2.24, 2.45) is 0 Å². The number of aromatic nitrogens is 2. The van der Waals surface area contributed by atoms with Crippen molar-refractivity contribution in [1.82, 2.24) is 9.97 Å². The smallest absolute Gasteiger partial charge is 0.263 e. The summed E-state index contributed by atoms with van der Waals surface area (Å²) in [5, 5.41) is 5.07. The van der Waals surface area contributed by atoms with Crippen LogP contribution in [-0.2, 0) is 0 Å². The van der Waals surface area contributed by atoms with Gasteiger partial charge in [-0.15, -0.1) is 11.3 Å². The first kappa shape index (κ1) is 16.1. The Bertz CT molecular complexity index is 949. The van der Waals surface area contributed by atoms with Crippen molar-refractivity contribution in [3.05, 3.63) is 68.4 Å². The summed E-state index contributed by atoms with van der Waals surface area (Å²) >= 11 is 1.34. The molecule has 0 atom stereocenters. The van der Waals surface area contributed by atoms with Crippen LogP contribution in [0.25, 0.3) is 11.3 Å². The Labute approximate surface area is 143 Å². The third kappa shape index (κ3) is 3.14. The summed E-state index contributed by atoms with van der Waals surface area (Å²) in [5.74, 6) is -0.463. The molecule has 1 aromatic carbocycles.